The molecule has 3 aromatic rings. The second-order valence-corrected chi connectivity index (χ2v) is 6.73. The maximum absolute atomic E-state index is 13.1. The van der Waals surface area contributed by atoms with Crippen molar-refractivity contribution in [2.75, 3.05) is 31.1 Å². The lowest BCUT2D eigenvalue weighted by molar-refractivity contribution is 0.0746. The molecule has 1 aromatic carbocycles. The molecule has 2 aromatic heterocycles. The fourth-order valence-electron chi connectivity index (χ4n) is 3.39. The lowest BCUT2D eigenvalue weighted by Crippen LogP contribution is -2.49. The van der Waals surface area contributed by atoms with Crippen LogP contribution in [0, 0.1) is 0 Å². The number of hydrogen-bond acceptors (Lipinski definition) is 3. The van der Waals surface area contributed by atoms with Crippen LogP contribution in [-0.4, -0.2) is 51.3 Å². The van der Waals surface area contributed by atoms with E-state index < -0.39 is 0 Å². The number of hydrogen-bond donors (Lipinski definition) is 0. The van der Waals surface area contributed by atoms with E-state index in [1.807, 2.05) is 65.3 Å². The zero-order valence-corrected chi connectivity index (χ0v) is 15.3. The van der Waals surface area contributed by atoms with Gasteiger partial charge >= 0.3 is 0 Å². The monoisotopic (exact) mass is 369 g/mol. The molecular weight excluding hydrogens is 350 g/mol. The second kappa shape index (κ2) is 6.88. The van der Waals surface area contributed by atoms with E-state index in [4.69, 9.17) is 11.6 Å². The Morgan fingerprint density at radius 1 is 1.04 bits per heavy atom. The van der Waals surface area contributed by atoms with Gasteiger partial charge in [-0.3, -0.25) is 9.48 Å². The van der Waals surface area contributed by atoms with Gasteiger partial charge in [0.1, 0.15) is 11.4 Å². The summed E-state index contributed by atoms with van der Waals surface area (Å²) in [5.74, 6) is 0.800. The summed E-state index contributed by atoms with van der Waals surface area (Å²) in [6, 6.07) is 11.7. The lowest BCUT2D eigenvalue weighted by atomic mass is 10.2. The molecule has 0 saturated carbocycles. The van der Waals surface area contributed by atoms with E-state index in [9.17, 15) is 4.79 Å². The van der Waals surface area contributed by atoms with E-state index in [2.05, 4.69) is 10.00 Å². The number of anilines is 1. The average molecular weight is 370 g/mol. The number of nitrogens with zero attached hydrogens (tertiary/aromatic N) is 5. The van der Waals surface area contributed by atoms with E-state index in [1.54, 1.807) is 10.9 Å². The zero-order valence-electron chi connectivity index (χ0n) is 14.5. The van der Waals surface area contributed by atoms with Gasteiger partial charge < -0.3 is 14.4 Å². The second-order valence-electron chi connectivity index (χ2n) is 6.33. The van der Waals surface area contributed by atoms with Gasteiger partial charge in [-0.25, -0.2) is 0 Å². The number of carbonyl (C=O) groups is 1. The number of piperazine rings is 1. The van der Waals surface area contributed by atoms with Crippen molar-refractivity contribution in [1.29, 1.82) is 0 Å². The first-order valence-electron chi connectivity index (χ1n) is 8.59. The maximum atomic E-state index is 13.1. The Morgan fingerprint density at radius 2 is 1.73 bits per heavy atom. The summed E-state index contributed by atoms with van der Waals surface area (Å²) in [4.78, 5) is 17.2. The molecule has 26 heavy (non-hydrogen) atoms. The maximum Gasteiger partial charge on any atom is 0.259 e. The molecule has 0 bridgehead atoms. The van der Waals surface area contributed by atoms with E-state index in [1.165, 1.54) is 0 Å². The topological polar surface area (TPSA) is 46.3 Å². The highest BCUT2D eigenvalue weighted by molar-refractivity contribution is 6.33. The fourth-order valence-corrected chi connectivity index (χ4v) is 3.65. The van der Waals surface area contributed by atoms with Crippen molar-refractivity contribution in [2.45, 2.75) is 0 Å². The van der Waals surface area contributed by atoms with Crippen LogP contribution in [0.3, 0.4) is 0 Å². The molecule has 0 radical (unpaired) electrons. The van der Waals surface area contributed by atoms with Gasteiger partial charge in [0, 0.05) is 45.6 Å². The molecule has 4 rings (SSSR count). The summed E-state index contributed by atoms with van der Waals surface area (Å²) in [6.07, 6.45) is 5.49. The molecule has 6 nitrogen and oxygen atoms in total. The van der Waals surface area contributed by atoms with Crippen LogP contribution in [0.4, 0.5) is 5.69 Å². The summed E-state index contributed by atoms with van der Waals surface area (Å²) in [5.41, 5.74) is 1.64. The first kappa shape index (κ1) is 16.7. The van der Waals surface area contributed by atoms with Crippen molar-refractivity contribution in [3.05, 3.63) is 65.6 Å². The van der Waals surface area contributed by atoms with Crippen molar-refractivity contribution < 1.29 is 4.79 Å². The van der Waals surface area contributed by atoms with Crippen LogP contribution in [0.25, 0.3) is 5.82 Å². The summed E-state index contributed by atoms with van der Waals surface area (Å²) in [5, 5.41) is 5.03. The van der Waals surface area contributed by atoms with Crippen molar-refractivity contribution in [2.24, 2.45) is 7.05 Å². The van der Waals surface area contributed by atoms with E-state index in [0.29, 0.717) is 18.7 Å². The van der Waals surface area contributed by atoms with E-state index in [-0.39, 0.29) is 5.91 Å². The third kappa shape index (κ3) is 2.97. The number of carbonyl (C=O) groups excluding carboxylic acids is 1. The highest BCUT2D eigenvalue weighted by atomic mass is 35.5. The molecule has 0 aliphatic carbocycles. The van der Waals surface area contributed by atoms with Crippen molar-refractivity contribution in [3.63, 3.8) is 0 Å². The van der Waals surface area contributed by atoms with E-state index in [0.717, 1.165) is 29.6 Å². The molecule has 1 aliphatic heterocycles. The predicted molar refractivity (Wildman–Crippen MR) is 102 cm³/mol. The molecule has 3 heterocycles. The minimum Gasteiger partial charge on any atom is -0.367 e. The molecule has 0 atom stereocenters. The molecule has 1 aliphatic rings. The number of para-hydroxylation sites is 1. The van der Waals surface area contributed by atoms with Crippen LogP contribution in [0.5, 0.6) is 0 Å². The summed E-state index contributed by atoms with van der Waals surface area (Å²) in [6.45, 7) is 2.83. The van der Waals surface area contributed by atoms with Crippen molar-refractivity contribution in [1.82, 2.24) is 19.2 Å². The normalized spacial score (nSPS) is 14.7. The molecule has 0 N–H and O–H groups in total. The third-order valence-electron chi connectivity index (χ3n) is 4.75. The summed E-state index contributed by atoms with van der Waals surface area (Å²) < 4.78 is 3.65. The molecule has 7 heteroatoms. The van der Waals surface area contributed by atoms with Gasteiger partial charge in [-0.05, 0) is 24.3 Å². The molecule has 1 amide bonds. The Labute approximate surface area is 157 Å². The van der Waals surface area contributed by atoms with Crippen molar-refractivity contribution >= 4 is 23.2 Å². The molecule has 1 fully saturated rings. The van der Waals surface area contributed by atoms with Crippen molar-refractivity contribution in [3.8, 4) is 5.82 Å². The average Bonchev–Trinajstić information content (AvgIpc) is 3.31. The number of aromatic nitrogens is 3. The minimum atomic E-state index is 0.0145. The Bertz CT molecular complexity index is 910. The number of benzene rings is 1. The van der Waals surface area contributed by atoms with Crippen LogP contribution >= 0.6 is 11.6 Å². The van der Waals surface area contributed by atoms with Crippen LogP contribution in [0.2, 0.25) is 5.02 Å². The minimum absolute atomic E-state index is 0.0145. The molecular formula is C19H20ClN5O. The predicted octanol–water partition coefficient (Wildman–Crippen LogP) is 2.83. The summed E-state index contributed by atoms with van der Waals surface area (Å²) >= 11 is 6.30. The summed E-state index contributed by atoms with van der Waals surface area (Å²) in [7, 11) is 1.85. The number of halogens is 1. The van der Waals surface area contributed by atoms with Gasteiger partial charge in [0.2, 0.25) is 0 Å². The lowest BCUT2D eigenvalue weighted by Gasteiger charge is -2.36. The van der Waals surface area contributed by atoms with Crippen LogP contribution in [0.1, 0.15) is 10.4 Å². The van der Waals surface area contributed by atoms with Gasteiger partial charge in [0.05, 0.1) is 16.9 Å². The van der Waals surface area contributed by atoms with Gasteiger partial charge in [-0.2, -0.15) is 5.10 Å². The Kier molecular flexibility index (Phi) is 4.42. The molecule has 1 saturated heterocycles. The number of aryl methyl sites for hydroxylation is 1. The third-order valence-corrected chi connectivity index (χ3v) is 5.07. The Hall–Kier alpha value is -2.73. The largest absolute Gasteiger partial charge is 0.367 e. The zero-order chi connectivity index (χ0) is 18.1. The van der Waals surface area contributed by atoms with Crippen LogP contribution in [-0.2, 0) is 7.05 Å². The first-order valence-corrected chi connectivity index (χ1v) is 8.97. The van der Waals surface area contributed by atoms with Gasteiger partial charge in [-0.15, -0.1) is 0 Å². The SMILES string of the molecule is Cn1ncc(C(=O)N2CCN(c3ccccc3Cl)CC2)c1-n1cccc1. The van der Waals surface area contributed by atoms with Gasteiger partial charge in [0.15, 0.2) is 0 Å². The number of amides is 1. The van der Waals surface area contributed by atoms with Crippen LogP contribution < -0.4 is 4.90 Å². The highest BCUT2D eigenvalue weighted by Gasteiger charge is 2.26. The molecule has 134 valence electrons. The molecule has 0 unspecified atom stereocenters. The van der Waals surface area contributed by atoms with Gasteiger partial charge in [-0.1, -0.05) is 23.7 Å². The Balaban J connectivity index is 1.51. The first-order chi connectivity index (χ1) is 12.6. The standard InChI is InChI=1S/C19H20ClN5O/c1-22-18(24-8-4-5-9-24)15(14-21-22)19(26)25-12-10-23(11-13-25)17-7-3-2-6-16(17)20/h2-9,14H,10-13H2,1H3. The smallest absolute Gasteiger partial charge is 0.259 e. The quantitative estimate of drug-likeness (QED) is 0.713. The van der Waals surface area contributed by atoms with E-state index >= 15 is 0 Å². The van der Waals surface area contributed by atoms with Gasteiger partial charge in [0.25, 0.3) is 5.91 Å². The highest BCUT2D eigenvalue weighted by Crippen LogP contribution is 2.26. The van der Waals surface area contributed by atoms with Crippen LogP contribution in [0.15, 0.2) is 55.0 Å². The fraction of sp³-hybridized carbons (Fsp3) is 0.263. The Morgan fingerprint density at radius 3 is 2.42 bits per heavy atom. The number of rotatable bonds is 3. The molecule has 0 spiro atoms.